The van der Waals surface area contributed by atoms with Crippen LogP contribution in [0.3, 0.4) is 0 Å². The van der Waals surface area contributed by atoms with Crippen LogP contribution in [0, 0.1) is 0 Å². The first kappa shape index (κ1) is 17.9. The fourth-order valence-electron chi connectivity index (χ4n) is 2.61. The molecule has 2 amide bonds. The molecule has 0 aliphatic carbocycles. The van der Waals surface area contributed by atoms with Crippen molar-refractivity contribution in [2.24, 2.45) is 0 Å². The Balaban J connectivity index is 1.59. The Kier molecular flexibility index (Phi) is 4.83. The van der Waals surface area contributed by atoms with E-state index in [2.05, 4.69) is 0 Å². The molecule has 0 atom stereocenters. The molecule has 2 heterocycles. The van der Waals surface area contributed by atoms with Gasteiger partial charge in [-0.1, -0.05) is 23.2 Å². The van der Waals surface area contributed by atoms with Gasteiger partial charge in [-0.2, -0.15) is 0 Å². The highest BCUT2D eigenvalue weighted by molar-refractivity contribution is 8.19. The molecule has 3 aromatic rings. The summed E-state index contributed by atoms with van der Waals surface area (Å²) < 4.78 is 5.78. The molecule has 0 bridgehead atoms. The van der Waals surface area contributed by atoms with Crippen molar-refractivity contribution in [2.75, 3.05) is 4.90 Å². The molecular weight excluding hydrogens is 405 g/mol. The number of hydrogen-bond donors (Lipinski definition) is 0. The van der Waals surface area contributed by atoms with Gasteiger partial charge in [-0.25, -0.2) is 4.90 Å². The van der Waals surface area contributed by atoms with Crippen LogP contribution in [0.15, 0.2) is 70.0 Å². The van der Waals surface area contributed by atoms with Crippen molar-refractivity contribution in [3.05, 3.63) is 81.4 Å². The van der Waals surface area contributed by atoms with Gasteiger partial charge in [-0.05, 0) is 72.4 Å². The minimum atomic E-state index is -0.392. The standard InChI is InChI=1S/C20H11Cl2NO3S/c21-13-3-1-12(2-4-13)17-10-9-16(26-17)11-18-19(24)23(20(25)27-18)15-7-5-14(22)6-8-15/h1-11H. The number of furan rings is 1. The SMILES string of the molecule is O=C1SC(=Cc2ccc(-c3ccc(Cl)cc3)o2)C(=O)N1c1ccc(Cl)cc1. The number of nitrogens with zero attached hydrogens (tertiary/aromatic N) is 1. The first-order chi connectivity index (χ1) is 13.0. The Bertz CT molecular complexity index is 1060. The average Bonchev–Trinajstić information content (AvgIpc) is 3.22. The van der Waals surface area contributed by atoms with Gasteiger partial charge in [0.1, 0.15) is 11.5 Å². The van der Waals surface area contributed by atoms with Crippen LogP contribution in [0.4, 0.5) is 10.5 Å². The van der Waals surface area contributed by atoms with Crippen LogP contribution < -0.4 is 4.90 Å². The van der Waals surface area contributed by atoms with Gasteiger partial charge in [0, 0.05) is 21.7 Å². The van der Waals surface area contributed by atoms with E-state index < -0.39 is 5.91 Å². The van der Waals surface area contributed by atoms with Crippen LogP contribution in [0.5, 0.6) is 0 Å². The lowest BCUT2D eigenvalue weighted by molar-refractivity contribution is -0.113. The number of amides is 2. The summed E-state index contributed by atoms with van der Waals surface area (Å²) in [4.78, 5) is 26.3. The maximum absolute atomic E-state index is 12.6. The minimum absolute atomic E-state index is 0.298. The Morgan fingerprint density at radius 3 is 2.15 bits per heavy atom. The van der Waals surface area contributed by atoms with E-state index in [-0.39, 0.29) is 5.24 Å². The van der Waals surface area contributed by atoms with Crippen molar-refractivity contribution < 1.29 is 14.0 Å². The van der Waals surface area contributed by atoms with E-state index in [4.69, 9.17) is 27.6 Å². The van der Waals surface area contributed by atoms with Crippen LogP contribution in [0.2, 0.25) is 10.0 Å². The lowest BCUT2D eigenvalue weighted by Gasteiger charge is -2.11. The van der Waals surface area contributed by atoms with Gasteiger partial charge in [0.2, 0.25) is 0 Å². The quantitative estimate of drug-likeness (QED) is 0.458. The van der Waals surface area contributed by atoms with Gasteiger partial charge in [0.05, 0.1) is 10.6 Å². The van der Waals surface area contributed by atoms with E-state index in [1.165, 1.54) is 0 Å². The lowest BCUT2D eigenvalue weighted by atomic mass is 10.2. The van der Waals surface area contributed by atoms with Crippen LogP contribution in [0.1, 0.15) is 5.76 Å². The molecule has 0 spiro atoms. The fraction of sp³-hybridized carbons (Fsp3) is 0. The molecule has 0 saturated carbocycles. The second kappa shape index (κ2) is 7.27. The highest BCUT2D eigenvalue weighted by Gasteiger charge is 2.36. The molecule has 134 valence electrons. The molecule has 2 aromatic carbocycles. The summed E-state index contributed by atoms with van der Waals surface area (Å²) >= 11 is 12.6. The number of thioether (sulfide) groups is 1. The van der Waals surface area contributed by atoms with Crippen molar-refractivity contribution in [1.29, 1.82) is 0 Å². The molecule has 0 radical (unpaired) electrons. The van der Waals surface area contributed by atoms with E-state index >= 15 is 0 Å². The Hall–Kier alpha value is -2.47. The highest BCUT2D eigenvalue weighted by atomic mass is 35.5. The van der Waals surface area contributed by atoms with E-state index in [1.807, 2.05) is 12.1 Å². The largest absolute Gasteiger partial charge is 0.457 e. The van der Waals surface area contributed by atoms with Gasteiger partial charge < -0.3 is 4.42 Å². The number of hydrogen-bond acceptors (Lipinski definition) is 4. The molecule has 1 aliphatic heterocycles. The molecule has 4 nitrogen and oxygen atoms in total. The van der Waals surface area contributed by atoms with E-state index in [1.54, 1.807) is 54.6 Å². The number of imide groups is 1. The smallest absolute Gasteiger partial charge is 0.298 e. The molecule has 4 rings (SSSR count). The zero-order valence-corrected chi connectivity index (χ0v) is 16.0. The topological polar surface area (TPSA) is 50.5 Å². The molecule has 1 aromatic heterocycles. The van der Waals surface area contributed by atoms with Gasteiger partial charge in [0.25, 0.3) is 11.1 Å². The number of anilines is 1. The summed E-state index contributed by atoms with van der Waals surface area (Å²) in [6, 6.07) is 17.3. The zero-order valence-electron chi connectivity index (χ0n) is 13.7. The second-order valence-corrected chi connectivity index (χ2v) is 7.57. The van der Waals surface area contributed by atoms with Gasteiger partial charge in [0.15, 0.2) is 0 Å². The van der Waals surface area contributed by atoms with E-state index in [9.17, 15) is 9.59 Å². The summed E-state index contributed by atoms with van der Waals surface area (Å²) in [6.07, 6.45) is 1.57. The molecular formula is C20H11Cl2NO3S. The van der Waals surface area contributed by atoms with Crippen molar-refractivity contribution >= 4 is 57.9 Å². The Morgan fingerprint density at radius 2 is 1.48 bits per heavy atom. The number of carbonyl (C=O) groups is 2. The first-order valence-electron chi connectivity index (χ1n) is 7.90. The number of halogens is 2. The Labute approximate surface area is 169 Å². The minimum Gasteiger partial charge on any atom is -0.457 e. The lowest BCUT2D eigenvalue weighted by Crippen LogP contribution is -2.27. The third-order valence-corrected chi connectivity index (χ3v) is 5.28. The predicted octanol–water partition coefficient (Wildman–Crippen LogP) is 6.49. The molecule has 0 N–H and O–H groups in total. The van der Waals surface area contributed by atoms with Crippen molar-refractivity contribution in [3.8, 4) is 11.3 Å². The number of benzene rings is 2. The van der Waals surface area contributed by atoms with Crippen LogP contribution >= 0.6 is 35.0 Å². The molecule has 0 unspecified atom stereocenters. The van der Waals surface area contributed by atoms with Crippen molar-refractivity contribution in [3.63, 3.8) is 0 Å². The zero-order chi connectivity index (χ0) is 19.0. The summed E-state index contributed by atoms with van der Waals surface area (Å²) in [7, 11) is 0. The average molecular weight is 416 g/mol. The van der Waals surface area contributed by atoms with Crippen LogP contribution in [-0.4, -0.2) is 11.1 Å². The summed E-state index contributed by atoms with van der Waals surface area (Å²) in [5, 5.41) is 0.811. The monoisotopic (exact) mass is 415 g/mol. The third kappa shape index (κ3) is 3.67. The molecule has 1 fully saturated rings. The predicted molar refractivity (Wildman–Crippen MR) is 109 cm³/mol. The maximum atomic E-state index is 12.6. The van der Waals surface area contributed by atoms with Crippen molar-refractivity contribution in [1.82, 2.24) is 0 Å². The molecule has 1 saturated heterocycles. The normalized spacial score (nSPS) is 15.8. The second-order valence-electron chi connectivity index (χ2n) is 5.70. The number of carbonyl (C=O) groups excluding carboxylic acids is 2. The number of rotatable bonds is 3. The third-order valence-electron chi connectivity index (χ3n) is 3.91. The molecule has 1 aliphatic rings. The Morgan fingerprint density at radius 1 is 0.852 bits per heavy atom. The summed E-state index contributed by atoms with van der Waals surface area (Å²) in [6.45, 7) is 0. The fourth-order valence-corrected chi connectivity index (χ4v) is 3.68. The van der Waals surface area contributed by atoms with Gasteiger partial charge in [-0.3, -0.25) is 9.59 Å². The summed E-state index contributed by atoms with van der Waals surface area (Å²) in [5.74, 6) is 0.744. The molecule has 7 heteroatoms. The van der Waals surface area contributed by atoms with E-state index in [0.29, 0.717) is 32.2 Å². The van der Waals surface area contributed by atoms with Crippen molar-refractivity contribution in [2.45, 2.75) is 0 Å². The van der Waals surface area contributed by atoms with Gasteiger partial charge >= 0.3 is 0 Å². The van der Waals surface area contributed by atoms with Crippen LogP contribution in [-0.2, 0) is 4.79 Å². The van der Waals surface area contributed by atoms with Crippen LogP contribution in [0.25, 0.3) is 17.4 Å². The first-order valence-corrected chi connectivity index (χ1v) is 9.48. The van der Waals surface area contributed by atoms with E-state index in [0.717, 1.165) is 22.2 Å². The molecule has 27 heavy (non-hydrogen) atoms. The maximum Gasteiger partial charge on any atom is 0.298 e. The van der Waals surface area contributed by atoms with Gasteiger partial charge in [-0.15, -0.1) is 0 Å². The highest BCUT2D eigenvalue weighted by Crippen LogP contribution is 2.36. The summed E-state index contributed by atoms with van der Waals surface area (Å²) in [5.41, 5.74) is 1.35.